The van der Waals surface area contributed by atoms with E-state index in [1.54, 1.807) is 6.92 Å². The molecule has 0 aromatic rings. The first kappa shape index (κ1) is 11.4. The molecule has 1 atom stereocenters. The average Bonchev–Trinajstić information content (AvgIpc) is 1.79. The number of nitrogens with two attached hydrogens (primary N) is 1. The van der Waals surface area contributed by atoms with Crippen molar-refractivity contribution in [2.24, 2.45) is 5.73 Å². The predicted octanol–water partition coefficient (Wildman–Crippen LogP) is -0.293. The highest BCUT2D eigenvalue weighted by molar-refractivity contribution is 8.54. The zero-order valence-electron chi connectivity index (χ0n) is 6.23. The molecule has 0 aromatic heterocycles. The van der Waals surface area contributed by atoms with E-state index in [1.165, 1.54) is 0 Å². The van der Waals surface area contributed by atoms with Crippen molar-refractivity contribution in [1.82, 2.24) is 5.32 Å². The Labute approximate surface area is 69.6 Å². The third-order valence-corrected chi connectivity index (χ3v) is 3.40. The van der Waals surface area contributed by atoms with Crippen molar-refractivity contribution in [2.45, 2.75) is 12.3 Å². The Kier molecular flexibility index (Phi) is 5.33. The topological polar surface area (TPSA) is 95.6 Å². The van der Waals surface area contributed by atoms with Crippen LogP contribution in [0, 0.1) is 0 Å². The van der Waals surface area contributed by atoms with Crippen molar-refractivity contribution in [2.75, 3.05) is 13.1 Å². The quantitative estimate of drug-likeness (QED) is 0.359. The maximum Gasteiger partial charge on any atom is 0.385 e. The summed E-state index contributed by atoms with van der Waals surface area (Å²) >= 11 is 0.597. The number of rotatable bonds is 5. The molecule has 0 radical (unpaired) electrons. The molecule has 0 bridgehead atoms. The van der Waals surface area contributed by atoms with E-state index >= 15 is 0 Å². The molecule has 0 aliphatic rings. The van der Waals surface area contributed by atoms with Crippen LogP contribution in [-0.4, -0.2) is 28.3 Å². The first-order valence-electron chi connectivity index (χ1n) is 3.13. The van der Waals surface area contributed by atoms with Crippen LogP contribution in [0.1, 0.15) is 6.92 Å². The minimum atomic E-state index is -3.95. The maximum absolute atomic E-state index is 10.4. The number of hydrogen-bond acceptors (Lipinski definition) is 4. The third kappa shape index (κ3) is 8.33. The minimum absolute atomic E-state index is 0.264. The molecule has 0 saturated carbocycles. The van der Waals surface area contributed by atoms with Crippen LogP contribution in [0.3, 0.4) is 0 Å². The summed E-state index contributed by atoms with van der Waals surface area (Å²) < 4.78 is 10.4. The van der Waals surface area contributed by atoms with Crippen LogP contribution in [-0.2, 0) is 4.57 Å². The summed E-state index contributed by atoms with van der Waals surface area (Å²) in [7, 11) is 0. The van der Waals surface area contributed by atoms with Crippen LogP contribution >= 0.6 is 18.2 Å². The highest BCUT2D eigenvalue weighted by Gasteiger charge is 2.17. The molecule has 5 nitrogen and oxygen atoms in total. The van der Waals surface area contributed by atoms with Gasteiger partial charge in [0.25, 0.3) is 0 Å². The van der Waals surface area contributed by atoms with Gasteiger partial charge in [-0.15, -0.1) is 0 Å². The molecular formula is C4H13N2O3PS. The van der Waals surface area contributed by atoms with Gasteiger partial charge in [-0.3, -0.25) is 0 Å². The summed E-state index contributed by atoms with van der Waals surface area (Å²) in [5.74, 6) is 0. The van der Waals surface area contributed by atoms with Crippen molar-refractivity contribution in [3.63, 3.8) is 0 Å². The lowest BCUT2D eigenvalue weighted by Crippen LogP contribution is -2.28. The number of nitrogens with one attached hydrogen (secondary N) is 1. The molecule has 7 heteroatoms. The lowest BCUT2D eigenvalue weighted by Gasteiger charge is -2.12. The van der Waals surface area contributed by atoms with Crippen LogP contribution in [0.4, 0.5) is 0 Å². The molecule has 0 spiro atoms. The fourth-order valence-electron chi connectivity index (χ4n) is 0.530. The van der Waals surface area contributed by atoms with Gasteiger partial charge in [0.15, 0.2) is 0 Å². The first-order chi connectivity index (χ1) is 4.95. The average molecular weight is 200 g/mol. The monoisotopic (exact) mass is 200 g/mol. The molecular weight excluding hydrogens is 187 g/mol. The predicted molar refractivity (Wildman–Crippen MR) is 46.2 cm³/mol. The van der Waals surface area contributed by atoms with E-state index in [2.05, 4.69) is 5.32 Å². The highest BCUT2D eigenvalue weighted by atomic mass is 32.7. The van der Waals surface area contributed by atoms with Gasteiger partial charge in [-0.25, -0.2) is 4.57 Å². The van der Waals surface area contributed by atoms with Gasteiger partial charge in [0, 0.05) is 13.1 Å². The summed E-state index contributed by atoms with van der Waals surface area (Å²) in [4.78, 5) is 17.0. The van der Waals surface area contributed by atoms with Gasteiger partial charge in [-0.2, -0.15) is 0 Å². The van der Waals surface area contributed by atoms with Gasteiger partial charge < -0.3 is 20.8 Å². The third-order valence-electron chi connectivity index (χ3n) is 0.872. The minimum Gasteiger partial charge on any atom is -0.329 e. The normalized spacial score (nSPS) is 14.9. The molecule has 0 fully saturated rings. The Hall–Kier alpha value is 0.420. The Bertz CT molecular complexity index is 150. The molecule has 0 aromatic carbocycles. The zero-order valence-corrected chi connectivity index (χ0v) is 7.94. The van der Waals surface area contributed by atoms with Gasteiger partial charge in [0.2, 0.25) is 0 Å². The molecule has 1 unspecified atom stereocenters. The molecule has 0 amide bonds. The van der Waals surface area contributed by atoms with E-state index in [1.807, 2.05) is 0 Å². The fraction of sp³-hybridized carbons (Fsp3) is 1.00. The van der Waals surface area contributed by atoms with Crippen molar-refractivity contribution >= 4 is 18.2 Å². The molecule has 0 aliphatic carbocycles. The van der Waals surface area contributed by atoms with Crippen molar-refractivity contribution in [1.29, 1.82) is 0 Å². The summed E-state index contributed by atoms with van der Waals surface area (Å²) in [6.45, 7) is -1.24. The molecule has 0 saturated heterocycles. The smallest absolute Gasteiger partial charge is 0.329 e. The van der Waals surface area contributed by atoms with E-state index in [9.17, 15) is 4.57 Å². The van der Waals surface area contributed by atoms with E-state index in [0.29, 0.717) is 24.5 Å². The molecule has 5 N–H and O–H groups in total. The van der Waals surface area contributed by atoms with Gasteiger partial charge >= 0.3 is 6.80 Å². The molecule has 11 heavy (non-hydrogen) atoms. The molecule has 0 heterocycles. The SMILES string of the molecule is CC(NCCN)SP(=O)(O)O. The Morgan fingerprint density at radius 2 is 2.27 bits per heavy atom. The lowest BCUT2D eigenvalue weighted by atomic mass is 10.6. The van der Waals surface area contributed by atoms with Crippen LogP contribution in [0.5, 0.6) is 0 Å². The first-order valence-corrected chi connectivity index (χ1v) is 6.23. The van der Waals surface area contributed by atoms with E-state index in [-0.39, 0.29) is 5.37 Å². The van der Waals surface area contributed by atoms with Crippen LogP contribution in [0.2, 0.25) is 0 Å². The second kappa shape index (κ2) is 5.13. The lowest BCUT2D eigenvalue weighted by molar-refractivity contribution is 0.396. The van der Waals surface area contributed by atoms with Crippen molar-refractivity contribution in [3.05, 3.63) is 0 Å². The zero-order chi connectivity index (χ0) is 8.91. The standard InChI is InChI=1S/C4H13N2O3PS/c1-4(6-3-2-5)11-10(7,8)9/h4,6H,2-3,5H2,1H3,(H2,7,8,9). The summed E-state index contributed by atoms with van der Waals surface area (Å²) in [6.07, 6.45) is 0. The van der Waals surface area contributed by atoms with Gasteiger partial charge in [0.05, 0.1) is 5.37 Å². The summed E-state index contributed by atoms with van der Waals surface area (Å²) in [6, 6.07) is 0. The highest BCUT2D eigenvalue weighted by Crippen LogP contribution is 2.51. The van der Waals surface area contributed by atoms with Crippen LogP contribution in [0.25, 0.3) is 0 Å². The fourth-order valence-corrected chi connectivity index (χ4v) is 2.59. The van der Waals surface area contributed by atoms with Crippen molar-refractivity contribution in [3.8, 4) is 0 Å². The largest absolute Gasteiger partial charge is 0.385 e. The second-order valence-corrected chi connectivity index (χ2v) is 5.94. The van der Waals surface area contributed by atoms with Gasteiger partial charge in [-0.05, 0) is 18.3 Å². The maximum atomic E-state index is 10.4. The summed E-state index contributed by atoms with van der Waals surface area (Å²) in [5, 5.41) is 2.57. The Morgan fingerprint density at radius 1 is 1.73 bits per heavy atom. The summed E-state index contributed by atoms with van der Waals surface area (Å²) in [5.41, 5.74) is 5.17. The second-order valence-electron chi connectivity index (χ2n) is 1.98. The van der Waals surface area contributed by atoms with Crippen molar-refractivity contribution < 1.29 is 14.4 Å². The Morgan fingerprint density at radius 3 is 2.64 bits per heavy atom. The van der Waals surface area contributed by atoms with Gasteiger partial charge in [-0.1, -0.05) is 0 Å². The Balaban J connectivity index is 3.52. The molecule has 68 valence electrons. The van der Waals surface area contributed by atoms with Crippen LogP contribution in [0.15, 0.2) is 0 Å². The van der Waals surface area contributed by atoms with Gasteiger partial charge in [0.1, 0.15) is 0 Å². The van der Waals surface area contributed by atoms with Crippen LogP contribution < -0.4 is 11.1 Å². The van der Waals surface area contributed by atoms with E-state index < -0.39 is 6.80 Å². The molecule has 0 rings (SSSR count). The number of hydrogen-bond donors (Lipinski definition) is 4. The van der Waals surface area contributed by atoms with E-state index in [4.69, 9.17) is 15.5 Å². The van der Waals surface area contributed by atoms with E-state index in [0.717, 1.165) is 0 Å². The molecule has 0 aliphatic heterocycles.